The number of carboxylic acid groups (broad SMARTS) is 1. The quantitative estimate of drug-likeness (QED) is 0.226. The summed E-state index contributed by atoms with van der Waals surface area (Å²) in [6.45, 7) is 3.58. The zero-order valence-corrected chi connectivity index (χ0v) is 21.8. The minimum Gasteiger partial charge on any atom is -0.478 e. The number of carboxylic acids is 1. The van der Waals surface area contributed by atoms with E-state index in [0.29, 0.717) is 34.9 Å². The highest BCUT2D eigenvalue weighted by Crippen LogP contribution is 2.30. The van der Waals surface area contributed by atoms with Crippen LogP contribution in [0.4, 0.5) is 19.1 Å². The summed E-state index contributed by atoms with van der Waals surface area (Å²) in [5.74, 6) is -0.139. The van der Waals surface area contributed by atoms with Crippen LogP contribution in [-0.2, 0) is 23.9 Å². The van der Waals surface area contributed by atoms with E-state index >= 15 is 0 Å². The van der Waals surface area contributed by atoms with E-state index in [1.807, 2.05) is 12.1 Å². The number of alkyl halides is 3. The number of nitrogens with zero attached hydrogens (tertiary/aromatic N) is 3. The summed E-state index contributed by atoms with van der Waals surface area (Å²) in [4.78, 5) is 17.6. The standard InChI is InChI=1S/C28H25ClF3N3O4/c1-27(2,25(36)37)38-23-12-8-18(9-13-23)14-15-35(17-19-6-10-21(11-7-19)28(30,31)32)26-33-24(39-34-26)20-4-3-5-22(29)16-20/h3-13,16H,14-15,17H2,1-2H3,(H,36,37). The Morgan fingerprint density at radius 2 is 1.69 bits per heavy atom. The van der Waals surface area contributed by atoms with E-state index in [9.17, 15) is 23.1 Å². The van der Waals surface area contributed by atoms with Gasteiger partial charge in [0.2, 0.25) is 0 Å². The summed E-state index contributed by atoms with van der Waals surface area (Å²) in [7, 11) is 0. The average Bonchev–Trinajstić information content (AvgIpc) is 3.37. The number of hydrogen-bond donors (Lipinski definition) is 1. The van der Waals surface area contributed by atoms with Crippen LogP contribution >= 0.6 is 11.6 Å². The molecule has 1 aromatic heterocycles. The molecular weight excluding hydrogens is 535 g/mol. The molecule has 0 radical (unpaired) electrons. The van der Waals surface area contributed by atoms with Crippen molar-refractivity contribution in [1.29, 1.82) is 0 Å². The molecule has 0 amide bonds. The van der Waals surface area contributed by atoms with Gasteiger partial charge in [0.25, 0.3) is 11.8 Å². The maximum atomic E-state index is 13.0. The monoisotopic (exact) mass is 559 g/mol. The van der Waals surface area contributed by atoms with Crippen molar-refractivity contribution in [2.24, 2.45) is 0 Å². The molecule has 0 atom stereocenters. The molecule has 204 valence electrons. The van der Waals surface area contributed by atoms with E-state index in [2.05, 4.69) is 10.1 Å². The molecule has 3 aromatic carbocycles. The second kappa shape index (κ2) is 11.4. The van der Waals surface area contributed by atoms with Gasteiger partial charge in [0, 0.05) is 23.7 Å². The van der Waals surface area contributed by atoms with Crippen molar-refractivity contribution in [1.82, 2.24) is 10.1 Å². The molecular formula is C28H25ClF3N3O4. The number of rotatable bonds is 10. The average molecular weight is 560 g/mol. The Kier molecular flexibility index (Phi) is 8.15. The van der Waals surface area contributed by atoms with Crippen LogP contribution in [0.1, 0.15) is 30.5 Å². The predicted molar refractivity (Wildman–Crippen MR) is 140 cm³/mol. The van der Waals surface area contributed by atoms with Crippen molar-refractivity contribution in [3.63, 3.8) is 0 Å². The minimum absolute atomic E-state index is 0.237. The van der Waals surface area contributed by atoms with Gasteiger partial charge in [0.1, 0.15) is 5.75 Å². The van der Waals surface area contributed by atoms with Crippen LogP contribution in [0.5, 0.6) is 5.75 Å². The zero-order chi connectivity index (χ0) is 28.2. The van der Waals surface area contributed by atoms with Gasteiger partial charge in [-0.15, -0.1) is 0 Å². The van der Waals surface area contributed by atoms with Gasteiger partial charge >= 0.3 is 12.1 Å². The number of benzene rings is 3. The molecule has 0 fully saturated rings. The van der Waals surface area contributed by atoms with Gasteiger partial charge in [-0.3, -0.25) is 0 Å². The lowest BCUT2D eigenvalue weighted by atomic mass is 10.1. The first kappa shape index (κ1) is 28.0. The van der Waals surface area contributed by atoms with Gasteiger partial charge in [-0.25, -0.2) is 4.79 Å². The SMILES string of the molecule is CC(C)(Oc1ccc(CCN(Cc2ccc(C(F)(F)F)cc2)c2noc(-c3cccc(Cl)c3)n2)cc1)C(=O)O. The Bertz CT molecular complexity index is 1420. The van der Waals surface area contributed by atoms with Crippen molar-refractivity contribution in [3.05, 3.63) is 94.5 Å². The Labute approximate surface area is 227 Å². The number of halogens is 4. The highest BCUT2D eigenvalue weighted by Gasteiger charge is 2.30. The first-order valence-electron chi connectivity index (χ1n) is 11.9. The molecule has 0 unspecified atom stereocenters. The fraction of sp³-hybridized carbons (Fsp3) is 0.250. The van der Waals surface area contributed by atoms with Gasteiger partial charge in [-0.05, 0) is 79.0 Å². The number of aromatic nitrogens is 2. The van der Waals surface area contributed by atoms with Gasteiger partial charge in [-0.1, -0.05) is 41.9 Å². The zero-order valence-electron chi connectivity index (χ0n) is 21.1. The van der Waals surface area contributed by atoms with E-state index in [4.69, 9.17) is 20.9 Å². The van der Waals surface area contributed by atoms with Crippen molar-refractivity contribution in [3.8, 4) is 17.2 Å². The highest BCUT2D eigenvalue weighted by atomic mass is 35.5. The van der Waals surface area contributed by atoms with Gasteiger partial charge < -0.3 is 19.3 Å². The Balaban J connectivity index is 1.53. The molecule has 7 nitrogen and oxygen atoms in total. The molecule has 1 heterocycles. The first-order valence-corrected chi connectivity index (χ1v) is 12.3. The molecule has 0 aliphatic carbocycles. The van der Waals surface area contributed by atoms with Gasteiger partial charge in [0.15, 0.2) is 5.60 Å². The molecule has 39 heavy (non-hydrogen) atoms. The second-order valence-electron chi connectivity index (χ2n) is 9.34. The normalized spacial score (nSPS) is 11.8. The molecule has 0 aliphatic rings. The fourth-order valence-electron chi connectivity index (χ4n) is 3.68. The van der Waals surface area contributed by atoms with E-state index < -0.39 is 23.3 Å². The van der Waals surface area contributed by atoms with Crippen molar-refractivity contribution in [2.75, 3.05) is 11.4 Å². The topological polar surface area (TPSA) is 88.7 Å². The third-order valence-corrected chi connectivity index (χ3v) is 6.14. The third-order valence-electron chi connectivity index (χ3n) is 5.91. The number of aliphatic carboxylic acids is 1. The highest BCUT2D eigenvalue weighted by molar-refractivity contribution is 6.30. The maximum Gasteiger partial charge on any atom is 0.416 e. The molecule has 11 heteroatoms. The third kappa shape index (κ3) is 7.29. The molecule has 0 aliphatic heterocycles. The van der Waals surface area contributed by atoms with E-state index in [0.717, 1.165) is 17.7 Å². The smallest absolute Gasteiger partial charge is 0.416 e. The molecule has 4 aromatic rings. The largest absolute Gasteiger partial charge is 0.478 e. The lowest BCUT2D eigenvalue weighted by Crippen LogP contribution is -2.37. The van der Waals surface area contributed by atoms with E-state index in [1.54, 1.807) is 41.3 Å². The molecule has 1 N–H and O–H groups in total. The number of hydrogen-bond acceptors (Lipinski definition) is 6. The van der Waals surface area contributed by atoms with E-state index in [1.165, 1.54) is 26.0 Å². The minimum atomic E-state index is -4.42. The fourth-order valence-corrected chi connectivity index (χ4v) is 3.87. The summed E-state index contributed by atoms with van der Waals surface area (Å²) in [6.07, 6.45) is -3.89. The second-order valence-corrected chi connectivity index (χ2v) is 9.77. The predicted octanol–water partition coefficient (Wildman–Crippen LogP) is 6.90. The van der Waals surface area contributed by atoms with Crippen LogP contribution in [0.15, 0.2) is 77.3 Å². The van der Waals surface area contributed by atoms with Crippen molar-refractivity contribution in [2.45, 2.75) is 38.6 Å². The van der Waals surface area contributed by atoms with Crippen LogP contribution in [0.25, 0.3) is 11.5 Å². The van der Waals surface area contributed by atoms with Crippen LogP contribution in [0.3, 0.4) is 0 Å². The van der Waals surface area contributed by atoms with Crippen molar-refractivity contribution < 1.29 is 32.3 Å². The summed E-state index contributed by atoms with van der Waals surface area (Å²) < 4.78 is 50.0. The molecule has 0 saturated carbocycles. The molecule has 0 spiro atoms. The summed E-state index contributed by atoms with van der Waals surface area (Å²) in [6, 6.07) is 18.9. The lowest BCUT2D eigenvalue weighted by molar-refractivity contribution is -0.152. The Hall–Kier alpha value is -4.05. The van der Waals surface area contributed by atoms with Gasteiger partial charge in [0.05, 0.1) is 5.56 Å². The van der Waals surface area contributed by atoms with Crippen LogP contribution < -0.4 is 9.64 Å². The van der Waals surface area contributed by atoms with Crippen LogP contribution in [0, 0.1) is 0 Å². The Morgan fingerprint density at radius 3 is 2.31 bits per heavy atom. The summed E-state index contributed by atoms with van der Waals surface area (Å²) in [5.41, 5.74) is 0.0899. The number of anilines is 1. The summed E-state index contributed by atoms with van der Waals surface area (Å²) in [5, 5.41) is 13.9. The van der Waals surface area contributed by atoms with Crippen LogP contribution in [0.2, 0.25) is 5.02 Å². The number of carbonyl (C=O) groups is 1. The Morgan fingerprint density at radius 1 is 1.03 bits per heavy atom. The molecule has 0 bridgehead atoms. The number of ether oxygens (including phenoxy) is 1. The molecule has 0 saturated heterocycles. The summed E-state index contributed by atoms with van der Waals surface area (Å²) >= 11 is 6.08. The van der Waals surface area contributed by atoms with E-state index in [-0.39, 0.29) is 18.4 Å². The lowest BCUT2D eigenvalue weighted by Gasteiger charge is -2.22. The molecule has 4 rings (SSSR count). The van der Waals surface area contributed by atoms with Gasteiger partial charge in [-0.2, -0.15) is 18.2 Å². The first-order chi connectivity index (χ1) is 18.4. The maximum absolute atomic E-state index is 13.0. The van der Waals surface area contributed by atoms with Crippen LogP contribution in [-0.4, -0.2) is 33.4 Å². The van der Waals surface area contributed by atoms with Crippen molar-refractivity contribution >= 4 is 23.5 Å².